The highest BCUT2D eigenvalue weighted by molar-refractivity contribution is 5.94. The van der Waals surface area contributed by atoms with E-state index in [9.17, 15) is 13.6 Å². The number of nitrogens with zero attached hydrogens (tertiary/aromatic N) is 1. The zero-order valence-corrected chi connectivity index (χ0v) is 12.6. The van der Waals surface area contributed by atoms with Gasteiger partial charge in [0.15, 0.2) is 0 Å². The average Bonchev–Trinajstić information content (AvgIpc) is 2.42. The van der Waals surface area contributed by atoms with Gasteiger partial charge in [-0.3, -0.25) is 4.79 Å². The van der Waals surface area contributed by atoms with Gasteiger partial charge in [0.2, 0.25) is 0 Å². The number of rotatable bonds is 7. The van der Waals surface area contributed by atoms with E-state index in [1.165, 1.54) is 4.90 Å². The summed E-state index contributed by atoms with van der Waals surface area (Å²) in [7, 11) is 0. The van der Waals surface area contributed by atoms with Crippen LogP contribution >= 0.6 is 0 Å². The SMILES string of the molecule is CCCNc1c(F)cc(C(=O)N(CCO)C(C)C)cc1F. The second-order valence-corrected chi connectivity index (χ2v) is 5.06. The number of aliphatic hydroxyl groups is 1. The normalized spacial score (nSPS) is 10.8. The summed E-state index contributed by atoms with van der Waals surface area (Å²) in [5, 5.41) is 11.6. The molecule has 0 aliphatic carbocycles. The molecule has 0 atom stereocenters. The molecule has 21 heavy (non-hydrogen) atoms. The van der Waals surface area contributed by atoms with E-state index in [4.69, 9.17) is 5.11 Å². The van der Waals surface area contributed by atoms with Gasteiger partial charge in [0, 0.05) is 24.7 Å². The quantitative estimate of drug-likeness (QED) is 0.814. The summed E-state index contributed by atoms with van der Waals surface area (Å²) in [5.74, 6) is -2.09. The molecule has 0 saturated carbocycles. The molecule has 1 amide bonds. The average molecular weight is 300 g/mol. The summed E-state index contributed by atoms with van der Waals surface area (Å²) in [6.07, 6.45) is 0.733. The predicted molar refractivity (Wildman–Crippen MR) is 78.4 cm³/mol. The first-order chi connectivity index (χ1) is 9.92. The Labute approximate surface area is 123 Å². The van der Waals surface area contributed by atoms with E-state index < -0.39 is 17.5 Å². The number of carbonyl (C=O) groups excluding carboxylic acids is 1. The zero-order chi connectivity index (χ0) is 16.0. The van der Waals surface area contributed by atoms with Gasteiger partial charge >= 0.3 is 0 Å². The number of carbonyl (C=O) groups is 1. The molecule has 1 aromatic carbocycles. The predicted octanol–water partition coefficient (Wildman–Crippen LogP) is 2.63. The smallest absolute Gasteiger partial charge is 0.254 e. The highest BCUT2D eigenvalue weighted by atomic mass is 19.1. The molecular formula is C15H22F2N2O2. The van der Waals surface area contributed by atoms with Gasteiger partial charge in [0.05, 0.1) is 6.61 Å². The van der Waals surface area contributed by atoms with Crippen molar-refractivity contribution in [2.75, 3.05) is 25.0 Å². The van der Waals surface area contributed by atoms with E-state index in [0.717, 1.165) is 18.6 Å². The van der Waals surface area contributed by atoms with Crippen LogP contribution in [0.1, 0.15) is 37.6 Å². The number of anilines is 1. The molecule has 118 valence electrons. The summed E-state index contributed by atoms with van der Waals surface area (Å²) in [6.45, 7) is 5.80. The Hall–Kier alpha value is -1.69. The van der Waals surface area contributed by atoms with Crippen molar-refractivity contribution in [2.24, 2.45) is 0 Å². The third kappa shape index (κ3) is 4.39. The van der Waals surface area contributed by atoms with Crippen LogP contribution < -0.4 is 5.32 Å². The monoisotopic (exact) mass is 300 g/mol. The minimum absolute atomic E-state index is 0.0609. The van der Waals surface area contributed by atoms with Gasteiger partial charge < -0.3 is 15.3 Å². The van der Waals surface area contributed by atoms with E-state index in [-0.39, 0.29) is 30.4 Å². The Balaban J connectivity index is 3.05. The molecule has 0 unspecified atom stereocenters. The topological polar surface area (TPSA) is 52.6 Å². The molecule has 0 radical (unpaired) electrons. The van der Waals surface area contributed by atoms with Crippen molar-refractivity contribution in [3.05, 3.63) is 29.3 Å². The van der Waals surface area contributed by atoms with Crippen LogP contribution in [0.3, 0.4) is 0 Å². The van der Waals surface area contributed by atoms with Crippen molar-refractivity contribution in [2.45, 2.75) is 33.2 Å². The Kier molecular flexibility index (Phi) is 6.55. The van der Waals surface area contributed by atoms with Gasteiger partial charge in [-0.25, -0.2) is 8.78 Å². The lowest BCUT2D eigenvalue weighted by atomic mass is 10.1. The number of nitrogens with one attached hydrogen (secondary N) is 1. The first-order valence-electron chi connectivity index (χ1n) is 7.07. The maximum atomic E-state index is 13.9. The third-order valence-corrected chi connectivity index (χ3v) is 3.07. The summed E-state index contributed by atoms with van der Waals surface area (Å²) < 4.78 is 27.8. The summed E-state index contributed by atoms with van der Waals surface area (Å²) in [4.78, 5) is 13.6. The van der Waals surface area contributed by atoms with Gasteiger partial charge in [-0.2, -0.15) is 0 Å². The molecule has 6 heteroatoms. The highest BCUT2D eigenvalue weighted by Crippen LogP contribution is 2.22. The molecule has 4 nitrogen and oxygen atoms in total. The molecular weight excluding hydrogens is 278 g/mol. The number of amides is 1. The molecule has 1 aromatic rings. The molecule has 0 aliphatic rings. The lowest BCUT2D eigenvalue weighted by molar-refractivity contribution is 0.0664. The Morgan fingerprint density at radius 2 is 1.90 bits per heavy atom. The second-order valence-electron chi connectivity index (χ2n) is 5.06. The van der Waals surface area contributed by atoms with Crippen molar-refractivity contribution in [1.82, 2.24) is 4.90 Å². The third-order valence-electron chi connectivity index (χ3n) is 3.07. The fourth-order valence-electron chi connectivity index (χ4n) is 1.98. The molecule has 0 heterocycles. The number of halogens is 2. The number of aliphatic hydroxyl groups excluding tert-OH is 1. The minimum Gasteiger partial charge on any atom is -0.395 e. The number of hydrogen-bond donors (Lipinski definition) is 2. The van der Waals surface area contributed by atoms with Crippen LogP contribution in [0.25, 0.3) is 0 Å². The maximum Gasteiger partial charge on any atom is 0.254 e. The van der Waals surface area contributed by atoms with Crippen molar-refractivity contribution >= 4 is 11.6 Å². The molecule has 0 aromatic heterocycles. The van der Waals surface area contributed by atoms with Crippen LogP contribution in [0.4, 0.5) is 14.5 Å². The lowest BCUT2D eigenvalue weighted by Crippen LogP contribution is -2.39. The summed E-state index contributed by atoms with van der Waals surface area (Å²) in [6, 6.07) is 1.88. The van der Waals surface area contributed by atoms with E-state index in [1.54, 1.807) is 13.8 Å². The first-order valence-corrected chi connectivity index (χ1v) is 7.07. The highest BCUT2D eigenvalue weighted by Gasteiger charge is 2.21. The maximum absolute atomic E-state index is 13.9. The standard InChI is InChI=1S/C15H22F2N2O2/c1-4-5-18-14-12(16)8-11(9-13(14)17)15(21)19(6-7-20)10(2)3/h8-10,18,20H,4-7H2,1-3H3. The summed E-state index contributed by atoms with van der Waals surface area (Å²) in [5.41, 5.74) is -0.277. The fraction of sp³-hybridized carbons (Fsp3) is 0.533. The molecule has 0 fully saturated rings. The van der Waals surface area contributed by atoms with Crippen LogP contribution in [0, 0.1) is 11.6 Å². The largest absolute Gasteiger partial charge is 0.395 e. The molecule has 0 saturated heterocycles. The van der Waals surface area contributed by atoms with E-state index >= 15 is 0 Å². The molecule has 1 rings (SSSR count). The van der Waals surface area contributed by atoms with Gasteiger partial charge in [-0.1, -0.05) is 6.92 Å². The Morgan fingerprint density at radius 3 is 2.33 bits per heavy atom. The van der Waals surface area contributed by atoms with Crippen LogP contribution in [-0.4, -0.2) is 41.7 Å². The van der Waals surface area contributed by atoms with Crippen molar-refractivity contribution < 1.29 is 18.7 Å². The van der Waals surface area contributed by atoms with Gasteiger partial charge in [-0.15, -0.1) is 0 Å². The van der Waals surface area contributed by atoms with Gasteiger partial charge in [0.1, 0.15) is 17.3 Å². The van der Waals surface area contributed by atoms with Crippen molar-refractivity contribution in [3.63, 3.8) is 0 Å². The van der Waals surface area contributed by atoms with E-state index in [1.807, 2.05) is 6.92 Å². The second kappa shape index (κ2) is 7.93. The zero-order valence-electron chi connectivity index (χ0n) is 12.6. The molecule has 0 aliphatic heterocycles. The molecule has 2 N–H and O–H groups in total. The molecule has 0 bridgehead atoms. The Bertz CT molecular complexity index is 470. The van der Waals surface area contributed by atoms with Crippen LogP contribution in [0.15, 0.2) is 12.1 Å². The lowest BCUT2D eigenvalue weighted by Gasteiger charge is -2.26. The number of hydrogen-bond acceptors (Lipinski definition) is 3. The van der Waals surface area contributed by atoms with Gasteiger partial charge in [-0.05, 0) is 32.4 Å². The Morgan fingerprint density at radius 1 is 1.33 bits per heavy atom. The van der Waals surface area contributed by atoms with Gasteiger partial charge in [0.25, 0.3) is 5.91 Å². The first kappa shape index (κ1) is 17.4. The van der Waals surface area contributed by atoms with Crippen molar-refractivity contribution in [1.29, 1.82) is 0 Å². The fourth-order valence-corrected chi connectivity index (χ4v) is 1.98. The van der Waals surface area contributed by atoms with Crippen LogP contribution in [0.5, 0.6) is 0 Å². The van der Waals surface area contributed by atoms with Crippen molar-refractivity contribution in [3.8, 4) is 0 Å². The van der Waals surface area contributed by atoms with Crippen LogP contribution in [-0.2, 0) is 0 Å². The minimum atomic E-state index is -0.792. The van der Waals surface area contributed by atoms with Crippen LogP contribution in [0.2, 0.25) is 0 Å². The van der Waals surface area contributed by atoms with E-state index in [0.29, 0.717) is 6.54 Å². The number of benzene rings is 1. The van der Waals surface area contributed by atoms with E-state index in [2.05, 4.69) is 5.32 Å². The summed E-state index contributed by atoms with van der Waals surface area (Å²) >= 11 is 0. The molecule has 0 spiro atoms.